The summed E-state index contributed by atoms with van der Waals surface area (Å²) in [6, 6.07) is 20.1. The number of nitrogens with one attached hydrogen (secondary N) is 5. The number of alkyl halides is 2. The maximum absolute atomic E-state index is 18.0. The van der Waals surface area contributed by atoms with Crippen molar-refractivity contribution in [1.82, 2.24) is 36.3 Å². The van der Waals surface area contributed by atoms with Gasteiger partial charge in [0.1, 0.15) is 18.5 Å². The Morgan fingerprint density at radius 3 is 2.20 bits per heavy atom. The van der Waals surface area contributed by atoms with Gasteiger partial charge in [-0.25, -0.2) is 23.1 Å². The van der Waals surface area contributed by atoms with E-state index in [0.29, 0.717) is 56.0 Å². The number of hydrogen-bond donors (Lipinski definition) is 7. The van der Waals surface area contributed by atoms with E-state index in [0.717, 1.165) is 34.2 Å². The fraction of sp³-hybridized carbons (Fsp3) is 0.566. The van der Waals surface area contributed by atoms with Crippen molar-refractivity contribution in [3.63, 3.8) is 0 Å². The van der Waals surface area contributed by atoms with Crippen LogP contribution in [0, 0.1) is 34.5 Å². The number of amides is 7. The molecule has 3 aromatic carbocycles. The van der Waals surface area contributed by atoms with Gasteiger partial charge in [-0.15, -0.1) is 5.10 Å². The molecule has 0 spiro atoms. The van der Waals surface area contributed by atoms with Gasteiger partial charge in [-0.05, 0) is 104 Å². The largest absolute Gasteiger partial charge is 0.445 e. The number of Topliss-reactive ketones (excluding diaryl/α,β-unsaturated/α-hetero) is 2. The number of nitrogens with two attached hydrogens (primary N) is 1. The maximum atomic E-state index is 18.0. The van der Waals surface area contributed by atoms with E-state index in [1.165, 1.54) is 19.1 Å². The molecule has 568 valence electrons. The Morgan fingerprint density at radius 1 is 0.810 bits per heavy atom. The van der Waals surface area contributed by atoms with Gasteiger partial charge in [-0.2, -0.15) is 0 Å². The number of para-hydroxylation sites is 1. The number of nitrogens with zero attached hydrogens (tertiary/aromatic N) is 4. The SMILES string of the molecule is CCC[C@H]1O[C@@H]2C[C@H]3[C@@H]4C[C@H](F)C5=CC(=O)C=C[C@]5(C)[C@@]4(F)[C@@H](O)C[C@]3(C)[C@]2(C(=O)CNC(=O)OCc2ccc(NC(=O)[C@H](CCCNC(N)=O)CC(=O)[C@@H](NC(=O)CCOCCOCCOCCOCCNC(=O)CCC(=O)N3Cc4ccccc4-c4nnn(C)c4-c4ccccc43)C(C)C)cc2)O1. The van der Waals surface area contributed by atoms with Gasteiger partial charge in [0.25, 0.3) is 0 Å². The molecule has 10 rings (SSSR count). The first-order valence-electron chi connectivity index (χ1n) is 36.3. The molecule has 8 N–H and O–H groups in total. The zero-order valence-corrected chi connectivity index (χ0v) is 60.4. The molecule has 29 heteroatoms. The highest BCUT2D eigenvalue weighted by Gasteiger charge is 2.80. The monoisotopic (exact) mass is 1460 g/mol. The Hall–Kier alpha value is -8.71. The van der Waals surface area contributed by atoms with E-state index in [9.17, 15) is 48.3 Å². The molecule has 4 aromatic rings. The van der Waals surface area contributed by atoms with Crippen molar-refractivity contribution in [2.24, 2.45) is 47.3 Å². The topological polar surface area (TPSA) is 359 Å². The number of alkyl carbamates (subject to hydrolysis) is 1. The van der Waals surface area contributed by atoms with Crippen molar-refractivity contribution in [1.29, 1.82) is 0 Å². The van der Waals surface area contributed by atoms with Crippen molar-refractivity contribution in [3.8, 4) is 22.5 Å². The second-order valence-corrected chi connectivity index (χ2v) is 28.5. The number of benzene rings is 3. The van der Waals surface area contributed by atoms with Gasteiger partial charge < -0.3 is 75.5 Å². The number of ether oxygens (including phenoxy) is 7. The Bertz CT molecular complexity index is 3870. The first kappa shape index (κ1) is 78.9. The maximum Gasteiger partial charge on any atom is 0.407 e. The van der Waals surface area contributed by atoms with E-state index in [1.807, 2.05) is 62.5 Å². The number of halogens is 2. The Balaban J connectivity index is 0.596. The third kappa shape index (κ3) is 17.6. The number of aryl methyl sites for hydroxylation is 1. The summed E-state index contributed by atoms with van der Waals surface area (Å²) < 4.78 is 76.7. The van der Waals surface area contributed by atoms with Crippen molar-refractivity contribution in [2.45, 2.75) is 160 Å². The van der Waals surface area contributed by atoms with E-state index in [1.54, 1.807) is 54.6 Å². The normalized spacial score (nSPS) is 25.3. The van der Waals surface area contributed by atoms with Gasteiger partial charge in [0.2, 0.25) is 23.6 Å². The lowest BCUT2D eigenvalue weighted by Gasteiger charge is -2.63. The summed E-state index contributed by atoms with van der Waals surface area (Å²) in [5, 5.41) is 34.1. The molecule has 27 nitrogen and oxygen atoms in total. The van der Waals surface area contributed by atoms with Gasteiger partial charge in [-0.1, -0.05) is 100 Å². The average molecular weight is 1460 g/mol. The molecule has 7 amide bonds. The number of anilines is 2. The first-order chi connectivity index (χ1) is 50.3. The standard InChI is InChI=1S/C76H98F2N10O17/c1-7-13-66-104-62-41-54-55-40-57(77)56-39-51(89)25-27-73(56,4)75(55,78)60(91)42-74(54,5)76(62,105-66)61(92)43-82-72(98)103-45-47-19-21-50(22-20-47)83-70(96)48(15-12-28-81-71(79)97)38-59(90)67(46(2)3)84-64(94)26-30-99-32-34-101-36-37-102-35-33-100-31-29-80-63(93)23-24-65(95)88-44-49-14-8-9-16-52(49)68-69(87(6)86-85-68)53-17-10-11-18-58(53)88/h8-11,14,16-22,25,27,39,46,48,54-55,57,60,62,66-67,91H,7,12-13,15,23-24,26,28-38,40-45H2,1-6H3,(H,80,93)(H,82,98)(H,83,96)(H,84,94)(H3,79,81,97)/t48-,54+,55+,57+,60+,62-,66+,67+,73+,74+,75+,76-/m1/s1. The summed E-state index contributed by atoms with van der Waals surface area (Å²) in [5.74, 6) is -5.81. The van der Waals surface area contributed by atoms with Crippen LogP contribution in [-0.4, -0.2) is 188 Å². The molecule has 3 heterocycles. The number of fused-ring (bicyclic) bond motifs is 12. The van der Waals surface area contributed by atoms with Crippen molar-refractivity contribution in [2.75, 3.05) is 82.7 Å². The summed E-state index contributed by atoms with van der Waals surface area (Å²) >= 11 is 0. The molecule has 105 heavy (non-hydrogen) atoms. The third-order valence-electron chi connectivity index (χ3n) is 21.4. The zero-order chi connectivity index (χ0) is 75.2. The van der Waals surface area contributed by atoms with Crippen molar-refractivity contribution >= 4 is 64.5 Å². The fourth-order valence-corrected chi connectivity index (χ4v) is 16.2. The van der Waals surface area contributed by atoms with Crippen LogP contribution in [0.2, 0.25) is 0 Å². The molecule has 2 aliphatic heterocycles. The molecule has 4 fully saturated rings. The zero-order valence-electron chi connectivity index (χ0n) is 60.4. The van der Waals surface area contributed by atoms with Crippen LogP contribution in [-0.2, 0) is 86.9 Å². The van der Waals surface area contributed by atoms with Crippen molar-refractivity contribution < 1.29 is 90.2 Å². The number of aromatic nitrogens is 3. The summed E-state index contributed by atoms with van der Waals surface area (Å²) in [6.07, 6.45) is -1.50. The molecule has 0 radical (unpaired) electrons. The number of primary amides is 1. The lowest BCUT2D eigenvalue weighted by molar-refractivity contribution is -0.233. The molecular formula is C76H98F2N10O17. The van der Waals surface area contributed by atoms with Gasteiger partial charge in [-0.3, -0.25) is 33.6 Å². The number of aliphatic hydroxyl groups excluding tert-OH is 1. The Morgan fingerprint density at radius 2 is 1.50 bits per heavy atom. The summed E-state index contributed by atoms with van der Waals surface area (Å²) in [7, 11) is 1.82. The molecule has 12 atom stereocenters. The molecule has 4 aliphatic carbocycles. The average Bonchev–Trinajstić information content (AvgIpc) is 1.57. The molecule has 1 aromatic heterocycles. The van der Waals surface area contributed by atoms with E-state index in [-0.39, 0.29) is 140 Å². The molecular weight excluding hydrogens is 1360 g/mol. The van der Waals surface area contributed by atoms with Crippen LogP contribution in [0.25, 0.3) is 22.5 Å². The number of hydrogen-bond acceptors (Lipinski definition) is 19. The number of carbonyl (C=O) groups is 9. The van der Waals surface area contributed by atoms with Gasteiger partial charge in [0.05, 0.1) is 95.6 Å². The second kappa shape index (κ2) is 35.1. The predicted octanol–water partition coefficient (Wildman–Crippen LogP) is 7.16. The highest BCUT2D eigenvalue weighted by Crippen LogP contribution is 2.72. The minimum Gasteiger partial charge on any atom is -0.445 e. The third-order valence-corrected chi connectivity index (χ3v) is 21.4. The van der Waals surface area contributed by atoms with E-state index >= 15 is 8.78 Å². The second-order valence-electron chi connectivity index (χ2n) is 28.5. The molecule has 0 unspecified atom stereocenters. The minimum absolute atomic E-state index is 0.00391. The van der Waals surface area contributed by atoms with Crippen LogP contribution in [0.15, 0.2) is 96.6 Å². The molecule has 3 saturated carbocycles. The lowest BCUT2D eigenvalue weighted by Crippen LogP contribution is -2.71. The highest BCUT2D eigenvalue weighted by atomic mass is 19.1. The van der Waals surface area contributed by atoms with Gasteiger partial charge in [0, 0.05) is 85.3 Å². The number of urea groups is 1. The number of carbonyl (C=O) groups excluding carboxylic acids is 9. The quantitative estimate of drug-likeness (QED) is 0.0222. The van der Waals surface area contributed by atoms with Gasteiger partial charge in [0.15, 0.2) is 34.9 Å². The summed E-state index contributed by atoms with van der Waals surface area (Å²) in [4.78, 5) is 121. The van der Waals surface area contributed by atoms with Crippen molar-refractivity contribution in [3.05, 3.63) is 108 Å². The predicted molar refractivity (Wildman–Crippen MR) is 380 cm³/mol. The van der Waals surface area contributed by atoms with Crippen LogP contribution < -0.4 is 37.2 Å². The van der Waals surface area contributed by atoms with Crippen LogP contribution >= 0.6 is 0 Å². The number of allylic oxidation sites excluding steroid dienone is 4. The minimum atomic E-state index is -2.39. The summed E-state index contributed by atoms with van der Waals surface area (Å²) in [5.41, 5.74) is 4.00. The van der Waals surface area contributed by atoms with E-state index < -0.39 is 113 Å². The fourth-order valence-electron chi connectivity index (χ4n) is 16.2. The Labute approximate surface area is 609 Å². The molecule has 0 bridgehead atoms. The van der Waals surface area contributed by atoms with Crippen LogP contribution in [0.5, 0.6) is 0 Å². The van der Waals surface area contributed by atoms with Crippen LogP contribution in [0.3, 0.4) is 0 Å². The molecule has 1 saturated heterocycles. The van der Waals surface area contributed by atoms with Crippen LogP contribution in [0.1, 0.15) is 116 Å². The Kier molecular flexibility index (Phi) is 26.4. The number of rotatable bonds is 36. The summed E-state index contributed by atoms with van der Waals surface area (Å²) in [6.45, 7) is 10.5. The highest BCUT2D eigenvalue weighted by molar-refractivity contribution is 6.03. The van der Waals surface area contributed by atoms with Crippen LogP contribution in [0.4, 0.5) is 29.7 Å². The van der Waals surface area contributed by atoms with Gasteiger partial charge >= 0.3 is 12.1 Å². The van der Waals surface area contributed by atoms with E-state index in [2.05, 4.69) is 36.9 Å². The smallest absolute Gasteiger partial charge is 0.407 e. The molecule has 6 aliphatic rings. The van der Waals surface area contributed by atoms with E-state index in [4.69, 9.17) is 38.9 Å². The lowest BCUT2D eigenvalue weighted by atomic mass is 9.44. The number of ketones is 3. The number of aliphatic hydroxyl groups is 1. The first-order valence-corrected chi connectivity index (χ1v) is 36.3.